The van der Waals surface area contributed by atoms with E-state index < -0.39 is 0 Å². The van der Waals surface area contributed by atoms with Crippen molar-refractivity contribution in [3.8, 4) is 0 Å². The van der Waals surface area contributed by atoms with Crippen molar-refractivity contribution in [1.29, 1.82) is 0 Å². The third-order valence-electron chi connectivity index (χ3n) is 3.41. The van der Waals surface area contributed by atoms with Crippen LogP contribution < -0.4 is 5.32 Å². The van der Waals surface area contributed by atoms with Crippen LogP contribution in [0.5, 0.6) is 0 Å². The first kappa shape index (κ1) is 14.1. The molecule has 0 spiro atoms. The Labute approximate surface area is 128 Å². The number of nitrogens with one attached hydrogen (secondary N) is 1. The summed E-state index contributed by atoms with van der Waals surface area (Å²) in [7, 11) is 1.97. The monoisotopic (exact) mass is 299 g/mol. The molecule has 1 N–H and O–H groups in total. The number of hydrogen-bond donors (Lipinski definition) is 1. The number of aryl methyl sites for hydroxylation is 1. The van der Waals surface area contributed by atoms with Crippen molar-refractivity contribution in [2.24, 2.45) is 0 Å². The highest BCUT2D eigenvalue weighted by Crippen LogP contribution is 2.26. The van der Waals surface area contributed by atoms with E-state index in [2.05, 4.69) is 58.0 Å². The molecule has 3 aromatic rings. The molecule has 4 nitrogen and oxygen atoms in total. The van der Waals surface area contributed by atoms with Crippen LogP contribution in [0.2, 0.25) is 0 Å². The van der Waals surface area contributed by atoms with Crippen LogP contribution in [0, 0.1) is 6.92 Å². The van der Waals surface area contributed by atoms with Crippen molar-refractivity contribution >= 4 is 22.5 Å². The maximum Gasteiger partial charge on any atom is 0.276 e. The minimum atomic E-state index is 0.242. The Bertz CT molecular complexity index is 741. The molecule has 21 heavy (non-hydrogen) atoms. The van der Waals surface area contributed by atoms with E-state index in [-0.39, 0.29) is 6.04 Å². The zero-order valence-electron chi connectivity index (χ0n) is 12.0. The van der Waals surface area contributed by atoms with Gasteiger partial charge in [-0.05, 0) is 29.4 Å². The Morgan fingerprint density at radius 3 is 2.67 bits per heavy atom. The molecule has 1 unspecified atom stereocenters. The van der Waals surface area contributed by atoms with Crippen LogP contribution in [0.4, 0.5) is 0 Å². The molecule has 108 valence electrons. The topological polar surface area (TPSA) is 51.0 Å². The van der Waals surface area contributed by atoms with E-state index in [1.807, 2.05) is 7.05 Å². The molecule has 3 rings (SSSR count). The highest BCUT2D eigenvalue weighted by molar-refractivity contribution is 7.99. The highest BCUT2D eigenvalue weighted by atomic mass is 32.2. The number of aromatic nitrogens is 2. The van der Waals surface area contributed by atoms with Crippen LogP contribution >= 0.6 is 11.8 Å². The first-order valence-corrected chi connectivity index (χ1v) is 7.83. The summed E-state index contributed by atoms with van der Waals surface area (Å²) in [6.45, 7) is 1.80. The van der Waals surface area contributed by atoms with Gasteiger partial charge < -0.3 is 9.73 Å². The molecule has 0 fully saturated rings. The summed E-state index contributed by atoms with van der Waals surface area (Å²) in [5.74, 6) is 1.44. The van der Waals surface area contributed by atoms with Crippen LogP contribution in [0.25, 0.3) is 10.8 Å². The third-order valence-corrected chi connectivity index (χ3v) is 4.32. The molecule has 0 aliphatic carbocycles. The molecule has 1 atom stereocenters. The minimum absolute atomic E-state index is 0.242. The molecule has 1 heterocycles. The Morgan fingerprint density at radius 2 is 1.95 bits per heavy atom. The van der Waals surface area contributed by atoms with E-state index in [9.17, 15) is 0 Å². The van der Waals surface area contributed by atoms with Crippen molar-refractivity contribution in [1.82, 2.24) is 15.5 Å². The molecular formula is C16H17N3OS. The lowest BCUT2D eigenvalue weighted by atomic mass is 10.0. The molecule has 0 bridgehead atoms. The fourth-order valence-electron chi connectivity index (χ4n) is 2.26. The van der Waals surface area contributed by atoms with E-state index >= 15 is 0 Å². The first-order chi connectivity index (χ1) is 10.3. The molecule has 5 heteroatoms. The Morgan fingerprint density at radius 1 is 1.14 bits per heavy atom. The van der Waals surface area contributed by atoms with Gasteiger partial charge in [0.25, 0.3) is 5.22 Å². The normalized spacial score (nSPS) is 12.7. The molecule has 0 aliphatic heterocycles. The fraction of sp³-hybridized carbons (Fsp3) is 0.250. The number of hydrogen-bond acceptors (Lipinski definition) is 5. The van der Waals surface area contributed by atoms with Gasteiger partial charge in [0.15, 0.2) is 0 Å². The van der Waals surface area contributed by atoms with Crippen molar-refractivity contribution in [3.05, 3.63) is 53.9 Å². The molecule has 0 radical (unpaired) electrons. The molecular weight excluding hydrogens is 282 g/mol. The van der Waals surface area contributed by atoms with E-state index in [1.165, 1.54) is 16.3 Å². The van der Waals surface area contributed by atoms with Crippen LogP contribution in [-0.4, -0.2) is 23.0 Å². The van der Waals surface area contributed by atoms with E-state index in [0.717, 1.165) is 5.75 Å². The Hall–Kier alpha value is -1.85. The standard InChI is InChI=1S/C16H17N3OS/c1-11-18-19-16(20-11)21-10-15(17-2)14-8-7-12-5-3-4-6-13(12)9-14/h3-9,15,17H,10H2,1-2H3. The molecule has 2 aromatic carbocycles. The average molecular weight is 299 g/mol. The maximum absolute atomic E-state index is 5.40. The van der Waals surface area contributed by atoms with Gasteiger partial charge in [-0.1, -0.05) is 48.2 Å². The van der Waals surface area contributed by atoms with E-state index in [4.69, 9.17) is 4.42 Å². The van der Waals surface area contributed by atoms with Crippen LogP contribution in [0.15, 0.2) is 52.1 Å². The summed E-state index contributed by atoms with van der Waals surface area (Å²) >= 11 is 1.57. The zero-order chi connectivity index (χ0) is 14.7. The number of thioether (sulfide) groups is 1. The number of fused-ring (bicyclic) bond motifs is 1. The van der Waals surface area contributed by atoms with Gasteiger partial charge in [-0.15, -0.1) is 10.2 Å². The van der Waals surface area contributed by atoms with Gasteiger partial charge in [-0.2, -0.15) is 0 Å². The lowest BCUT2D eigenvalue weighted by molar-refractivity contribution is 0.428. The van der Waals surface area contributed by atoms with Gasteiger partial charge in [-0.25, -0.2) is 0 Å². The summed E-state index contributed by atoms with van der Waals surface area (Å²) in [6.07, 6.45) is 0. The van der Waals surface area contributed by atoms with Gasteiger partial charge in [0.1, 0.15) is 0 Å². The SMILES string of the molecule is CNC(CSc1nnc(C)o1)c1ccc2ccccc2c1. The lowest BCUT2D eigenvalue weighted by Gasteiger charge is -2.16. The molecule has 0 saturated carbocycles. The first-order valence-electron chi connectivity index (χ1n) is 6.85. The predicted molar refractivity (Wildman–Crippen MR) is 85.5 cm³/mol. The quantitative estimate of drug-likeness (QED) is 0.730. The second-order valence-electron chi connectivity index (χ2n) is 4.85. The molecule has 0 aliphatic rings. The molecule has 0 amide bonds. The second kappa shape index (κ2) is 6.28. The van der Waals surface area contributed by atoms with Crippen LogP contribution in [0.1, 0.15) is 17.5 Å². The molecule has 0 saturated heterocycles. The van der Waals surface area contributed by atoms with Gasteiger partial charge in [0.2, 0.25) is 5.89 Å². The summed E-state index contributed by atoms with van der Waals surface area (Å²) in [4.78, 5) is 0. The predicted octanol–water partition coefficient (Wildman–Crippen LogP) is 3.58. The summed E-state index contributed by atoms with van der Waals surface area (Å²) in [6, 6.07) is 15.2. The van der Waals surface area contributed by atoms with Crippen molar-refractivity contribution in [3.63, 3.8) is 0 Å². The average Bonchev–Trinajstić information content (AvgIpc) is 2.93. The van der Waals surface area contributed by atoms with Crippen LogP contribution in [-0.2, 0) is 0 Å². The number of rotatable bonds is 5. The zero-order valence-corrected chi connectivity index (χ0v) is 12.9. The number of nitrogens with zero attached hydrogens (tertiary/aromatic N) is 2. The second-order valence-corrected chi connectivity index (χ2v) is 5.82. The van der Waals surface area contributed by atoms with E-state index in [1.54, 1.807) is 18.7 Å². The fourth-order valence-corrected chi connectivity index (χ4v) is 3.21. The van der Waals surface area contributed by atoms with Crippen molar-refractivity contribution in [2.75, 3.05) is 12.8 Å². The van der Waals surface area contributed by atoms with Gasteiger partial charge in [0, 0.05) is 18.7 Å². The van der Waals surface area contributed by atoms with E-state index in [0.29, 0.717) is 11.1 Å². The van der Waals surface area contributed by atoms with Gasteiger partial charge >= 0.3 is 0 Å². The highest BCUT2D eigenvalue weighted by Gasteiger charge is 2.12. The smallest absolute Gasteiger partial charge is 0.276 e. The number of benzene rings is 2. The van der Waals surface area contributed by atoms with Crippen molar-refractivity contribution < 1.29 is 4.42 Å². The van der Waals surface area contributed by atoms with Gasteiger partial charge in [-0.3, -0.25) is 0 Å². The largest absolute Gasteiger partial charge is 0.416 e. The minimum Gasteiger partial charge on any atom is -0.416 e. The molecule has 1 aromatic heterocycles. The van der Waals surface area contributed by atoms with Crippen molar-refractivity contribution in [2.45, 2.75) is 18.2 Å². The summed E-state index contributed by atoms with van der Waals surface area (Å²) in [5.41, 5.74) is 1.26. The maximum atomic E-state index is 5.40. The summed E-state index contributed by atoms with van der Waals surface area (Å²) < 4.78 is 5.40. The van der Waals surface area contributed by atoms with Gasteiger partial charge in [0.05, 0.1) is 0 Å². The van der Waals surface area contributed by atoms with Crippen LogP contribution in [0.3, 0.4) is 0 Å². The summed E-state index contributed by atoms with van der Waals surface area (Å²) in [5, 5.41) is 14.3. The lowest BCUT2D eigenvalue weighted by Crippen LogP contribution is -2.18. The Balaban J connectivity index is 1.77. The Kier molecular flexibility index (Phi) is 4.22. The third kappa shape index (κ3) is 3.25.